The smallest absolute Gasteiger partial charge is 0.258 e. The minimum absolute atomic E-state index is 0.0281. The molecule has 0 bridgehead atoms. The maximum atomic E-state index is 12.9. The molecule has 108 valence electrons. The maximum absolute atomic E-state index is 12.9. The SMILES string of the molecule is Cc1cc(Cl)ccc1C(=O)N1CCNCc2ccccc21. The molecule has 0 radical (unpaired) electrons. The van der Waals surface area contributed by atoms with Crippen molar-refractivity contribution in [2.45, 2.75) is 13.5 Å². The second kappa shape index (κ2) is 5.88. The van der Waals surface area contributed by atoms with Gasteiger partial charge in [-0.1, -0.05) is 29.8 Å². The van der Waals surface area contributed by atoms with Crippen LogP contribution in [-0.2, 0) is 6.54 Å². The highest BCUT2D eigenvalue weighted by atomic mass is 35.5. The van der Waals surface area contributed by atoms with Gasteiger partial charge in [-0.2, -0.15) is 0 Å². The van der Waals surface area contributed by atoms with Gasteiger partial charge in [0.1, 0.15) is 0 Å². The number of fused-ring (bicyclic) bond motifs is 1. The molecule has 0 atom stereocenters. The Balaban J connectivity index is 2.01. The van der Waals surface area contributed by atoms with Crippen LogP contribution in [0.25, 0.3) is 0 Å². The van der Waals surface area contributed by atoms with Gasteiger partial charge in [0.25, 0.3) is 5.91 Å². The van der Waals surface area contributed by atoms with E-state index >= 15 is 0 Å². The predicted octanol–water partition coefficient (Wildman–Crippen LogP) is 3.40. The van der Waals surface area contributed by atoms with Crippen LogP contribution in [0.3, 0.4) is 0 Å². The van der Waals surface area contributed by atoms with Gasteiger partial charge in [0.15, 0.2) is 0 Å². The second-order valence-corrected chi connectivity index (χ2v) is 5.66. The van der Waals surface area contributed by atoms with Gasteiger partial charge in [0.05, 0.1) is 0 Å². The molecule has 0 saturated carbocycles. The summed E-state index contributed by atoms with van der Waals surface area (Å²) in [5, 5.41) is 4.00. The molecule has 0 aliphatic carbocycles. The molecular weight excluding hydrogens is 284 g/mol. The first-order valence-corrected chi connectivity index (χ1v) is 7.41. The number of hydrogen-bond donors (Lipinski definition) is 1. The molecule has 0 fully saturated rings. The number of rotatable bonds is 1. The minimum atomic E-state index is 0.0281. The highest BCUT2D eigenvalue weighted by Gasteiger charge is 2.22. The van der Waals surface area contributed by atoms with E-state index in [1.165, 1.54) is 0 Å². The first-order chi connectivity index (χ1) is 10.2. The molecule has 21 heavy (non-hydrogen) atoms. The van der Waals surface area contributed by atoms with Crippen molar-refractivity contribution in [1.82, 2.24) is 5.32 Å². The molecule has 0 saturated heterocycles. The van der Waals surface area contributed by atoms with Gasteiger partial charge >= 0.3 is 0 Å². The number of nitrogens with zero attached hydrogens (tertiary/aromatic N) is 1. The molecule has 2 aromatic rings. The summed E-state index contributed by atoms with van der Waals surface area (Å²) in [5.74, 6) is 0.0281. The topological polar surface area (TPSA) is 32.3 Å². The van der Waals surface area contributed by atoms with Crippen LogP contribution >= 0.6 is 11.6 Å². The Kier molecular flexibility index (Phi) is 3.95. The molecule has 2 aromatic carbocycles. The average molecular weight is 301 g/mol. The van der Waals surface area contributed by atoms with Crippen LogP contribution < -0.4 is 10.2 Å². The number of anilines is 1. The lowest BCUT2D eigenvalue weighted by atomic mass is 10.1. The number of para-hydroxylation sites is 1. The molecule has 1 aliphatic heterocycles. The van der Waals surface area contributed by atoms with Gasteiger partial charge in [0.2, 0.25) is 0 Å². The molecular formula is C17H17ClN2O. The Hall–Kier alpha value is -1.84. The van der Waals surface area contributed by atoms with E-state index in [2.05, 4.69) is 11.4 Å². The second-order valence-electron chi connectivity index (χ2n) is 5.22. The molecule has 3 rings (SSSR count). The third-order valence-electron chi connectivity index (χ3n) is 3.77. The van der Waals surface area contributed by atoms with E-state index in [1.807, 2.05) is 36.1 Å². The Bertz CT molecular complexity index is 684. The minimum Gasteiger partial charge on any atom is -0.311 e. The van der Waals surface area contributed by atoms with Gasteiger partial charge in [-0.15, -0.1) is 0 Å². The van der Waals surface area contributed by atoms with Crippen LogP contribution in [0.2, 0.25) is 5.02 Å². The summed E-state index contributed by atoms with van der Waals surface area (Å²) in [6, 6.07) is 13.4. The Morgan fingerprint density at radius 3 is 2.86 bits per heavy atom. The largest absolute Gasteiger partial charge is 0.311 e. The first kappa shape index (κ1) is 14.1. The lowest BCUT2D eigenvalue weighted by Crippen LogP contribution is -2.35. The number of benzene rings is 2. The quantitative estimate of drug-likeness (QED) is 0.875. The van der Waals surface area contributed by atoms with Crippen LogP contribution in [0.15, 0.2) is 42.5 Å². The molecule has 1 N–H and O–H groups in total. The lowest BCUT2D eigenvalue weighted by Gasteiger charge is -2.23. The van der Waals surface area contributed by atoms with E-state index in [9.17, 15) is 4.79 Å². The number of hydrogen-bond acceptors (Lipinski definition) is 2. The van der Waals surface area contributed by atoms with Crippen LogP contribution in [0.1, 0.15) is 21.5 Å². The fraction of sp³-hybridized carbons (Fsp3) is 0.235. The van der Waals surface area contributed by atoms with E-state index in [-0.39, 0.29) is 5.91 Å². The van der Waals surface area contributed by atoms with Crippen LogP contribution in [0.4, 0.5) is 5.69 Å². The normalized spacial score (nSPS) is 14.5. The molecule has 4 heteroatoms. The van der Waals surface area contributed by atoms with Gasteiger partial charge in [0, 0.05) is 35.9 Å². The summed E-state index contributed by atoms with van der Waals surface area (Å²) in [4.78, 5) is 14.8. The zero-order valence-corrected chi connectivity index (χ0v) is 12.7. The number of carbonyl (C=O) groups excluding carboxylic acids is 1. The van der Waals surface area contributed by atoms with E-state index in [1.54, 1.807) is 12.1 Å². The molecule has 0 aromatic heterocycles. The van der Waals surface area contributed by atoms with Crippen molar-refractivity contribution in [2.75, 3.05) is 18.0 Å². The molecule has 0 unspecified atom stereocenters. The lowest BCUT2D eigenvalue weighted by molar-refractivity contribution is 0.0987. The first-order valence-electron chi connectivity index (χ1n) is 7.03. The summed E-state index contributed by atoms with van der Waals surface area (Å²) >= 11 is 5.98. The molecule has 1 amide bonds. The van der Waals surface area contributed by atoms with Crippen molar-refractivity contribution in [2.24, 2.45) is 0 Å². The van der Waals surface area contributed by atoms with E-state index in [0.717, 1.165) is 29.9 Å². The summed E-state index contributed by atoms with van der Waals surface area (Å²) in [6.45, 7) is 4.16. The summed E-state index contributed by atoms with van der Waals surface area (Å²) in [7, 11) is 0. The number of carbonyl (C=O) groups is 1. The van der Waals surface area contributed by atoms with E-state index in [0.29, 0.717) is 17.1 Å². The van der Waals surface area contributed by atoms with Crippen LogP contribution in [-0.4, -0.2) is 19.0 Å². The number of nitrogens with one attached hydrogen (secondary N) is 1. The van der Waals surface area contributed by atoms with Crippen molar-refractivity contribution >= 4 is 23.2 Å². The highest BCUT2D eigenvalue weighted by Crippen LogP contribution is 2.25. The van der Waals surface area contributed by atoms with Crippen molar-refractivity contribution in [3.8, 4) is 0 Å². The van der Waals surface area contributed by atoms with Crippen molar-refractivity contribution in [3.63, 3.8) is 0 Å². The summed E-state index contributed by atoms with van der Waals surface area (Å²) in [6.07, 6.45) is 0. The van der Waals surface area contributed by atoms with E-state index in [4.69, 9.17) is 11.6 Å². The molecule has 1 heterocycles. The number of amides is 1. The fourth-order valence-electron chi connectivity index (χ4n) is 2.68. The van der Waals surface area contributed by atoms with Crippen molar-refractivity contribution < 1.29 is 4.79 Å². The molecule has 1 aliphatic rings. The van der Waals surface area contributed by atoms with Crippen LogP contribution in [0.5, 0.6) is 0 Å². The molecule has 3 nitrogen and oxygen atoms in total. The van der Waals surface area contributed by atoms with Gasteiger partial charge in [-0.25, -0.2) is 0 Å². The summed E-state index contributed by atoms with van der Waals surface area (Å²) < 4.78 is 0. The Labute approximate surface area is 129 Å². The maximum Gasteiger partial charge on any atom is 0.258 e. The van der Waals surface area contributed by atoms with Gasteiger partial charge < -0.3 is 10.2 Å². The van der Waals surface area contributed by atoms with Crippen molar-refractivity contribution in [1.29, 1.82) is 0 Å². The van der Waals surface area contributed by atoms with Crippen LogP contribution in [0, 0.1) is 6.92 Å². The summed E-state index contributed by atoms with van der Waals surface area (Å²) in [5.41, 5.74) is 3.75. The zero-order valence-electron chi connectivity index (χ0n) is 11.9. The average Bonchev–Trinajstić information content (AvgIpc) is 2.69. The highest BCUT2D eigenvalue weighted by molar-refractivity contribution is 6.30. The predicted molar refractivity (Wildman–Crippen MR) is 86.0 cm³/mol. The zero-order chi connectivity index (χ0) is 14.8. The number of aryl methyl sites for hydroxylation is 1. The number of halogens is 1. The Morgan fingerprint density at radius 2 is 2.05 bits per heavy atom. The monoisotopic (exact) mass is 300 g/mol. The Morgan fingerprint density at radius 1 is 1.24 bits per heavy atom. The molecule has 0 spiro atoms. The van der Waals surface area contributed by atoms with E-state index < -0.39 is 0 Å². The van der Waals surface area contributed by atoms with Crippen molar-refractivity contribution in [3.05, 3.63) is 64.2 Å². The fourth-order valence-corrected chi connectivity index (χ4v) is 2.91. The standard InChI is InChI=1S/C17H17ClN2O/c1-12-10-14(18)6-7-15(12)17(21)20-9-8-19-11-13-4-2-3-5-16(13)20/h2-7,10,19H,8-9,11H2,1H3. The third kappa shape index (κ3) is 2.80. The van der Waals surface area contributed by atoms with Gasteiger partial charge in [-0.05, 0) is 42.3 Å². The third-order valence-corrected chi connectivity index (χ3v) is 4.01. The van der Waals surface area contributed by atoms with Gasteiger partial charge in [-0.3, -0.25) is 4.79 Å².